The molecule has 56 heavy (non-hydrogen) atoms. The number of hydrogen-bond acceptors (Lipinski definition) is 2. The van der Waals surface area contributed by atoms with E-state index >= 15 is 0 Å². The third kappa shape index (κ3) is 5.54. The van der Waals surface area contributed by atoms with Gasteiger partial charge in [0.05, 0.1) is 5.69 Å². The second-order valence-corrected chi connectivity index (χ2v) is 15.6. The van der Waals surface area contributed by atoms with Gasteiger partial charge in [-0.25, -0.2) is 0 Å². The summed E-state index contributed by atoms with van der Waals surface area (Å²) in [5.41, 5.74) is 10.5. The van der Waals surface area contributed by atoms with Gasteiger partial charge >= 0.3 is 0 Å². The summed E-state index contributed by atoms with van der Waals surface area (Å²) in [4.78, 5) is 2.46. The first-order valence-corrected chi connectivity index (χ1v) is 20.0. The molecule has 0 fully saturated rings. The van der Waals surface area contributed by atoms with Crippen LogP contribution in [0.15, 0.2) is 212 Å². The standard InChI is InChI=1S/C54H35NS/c1-2-11-38(12-3-1)49-31-26-42(47-19-10-15-37-13-4-6-16-45(37)47)34-52(49)55(44-29-32-51-50-18-8-9-20-53(50)56-54(51)35-44)43-27-23-36(24-28-43)40-25-30-48-41(33-40)22-21-39-14-5-7-17-46(39)48/h1-35H. The van der Waals surface area contributed by atoms with Gasteiger partial charge in [-0.1, -0.05) is 170 Å². The Morgan fingerprint density at radius 1 is 0.286 bits per heavy atom. The molecule has 11 rings (SSSR count). The van der Waals surface area contributed by atoms with Gasteiger partial charge < -0.3 is 4.90 Å². The number of anilines is 3. The van der Waals surface area contributed by atoms with Crippen molar-refractivity contribution in [2.24, 2.45) is 0 Å². The summed E-state index contributed by atoms with van der Waals surface area (Å²) in [5.74, 6) is 0. The first-order chi connectivity index (χ1) is 27.7. The van der Waals surface area contributed by atoms with E-state index in [-0.39, 0.29) is 0 Å². The SMILES string of the molecule is c1ccc(-c2ccc(-c3cccc4ccccc34)cc2N(c2ccc(-c3ccc4c(ccc5ccccc54)c3)cc2)c2ccc3c(c2)sc2ccccc23)cc1. The van der Waals surface area contributed by atoms with Gasteiger partial charge in [0.1, 0.15) is 0 Å². The third-order valence-corrected chi connectivity index (χ3v) is 12.4. The fourth-order valence-corrected chi connectivity index (χ4v) is 9.64. The van der Waals surface area contributed by atoms with E-state index in [1.54, 1.807) is 0 Å². The Balaban J connectivity index is 1.11. The molecule has 0 unspecified atom stereocenters. The third-order valence-electron chi connectivity index (χ3n) is 11.2. The Hall–Kier alpha value is -7.00. The van der Waals surface area contributed by atoms with Crippen molar-refractivity contribution in [1.82, 2.24) is 0 Å². The molecule has 0 aliphatic heterocycles. The maximum atomic E-state index is 2.46. The normalized spacial score (nSPS) is 11.6. The van der Waals surface area contributed by atoms with Gasteiger partial charge in [-0.15, -0.1) is 11.3 Å². The molecule has 0 saturated carbocycles. The number of hydrogen-bond donors (Lipinski definition) is 0. The number of fused-ring (bicyclic) bond motifs is 7. The van der Waals surface area contributed by atoms with Crippen LogP contribution in [0.5, 0.6) is 0 Å². The summed E-state index contributed by atoms with van der Waals surface area (Å²) in [6.45, 7) is 0. The van der Waals surface area contributed by atoms with E-state index in [0.717, 1.165) is 17.1 Å². The van der Waals surface area contributed by atoms with Crippen LogP contribution in [0.25, 0.3) is 85.9 Å². The molecule has 0 N–H and O–H groups in total. The Kier molecular flexibility index (Phi) is 7.75. The van der Waals surface area contributed by atoms with Crippen LogP contribution >= 0.6 is 11.3 Å². The Labute approximate surface area is 330 Å². The zero-order chi connectivity index (χ0) is 37.0. The highest BCUT2D eigenvalue weighted by Crippen LogP contribution is 2.46. The minimum atomic E-state index is 1.10. The van der Waals surface area contributed by atoms with E-state index in [4.69, 9.17) is 0 Å². The quantitative estimate of drug-likeness (QED) is 0.154. The van der Waals surface area contributed by atoms with Crippen LogP contribution in [0.1, 0.15) is 0 Å². The molecule has 10 aromatic carbocycles. The van der Waals surface area contributed by atoms with E-state index in [2.05, 4.69) is 217 Å². The molecule has 1 aromatic heterocycles. The lowest BCUT2D eigenvalue weighted by Gasteiger charge is -2.29. The van der Waals surface area contributed by atoms with E-state index in [0.29, 0.717) is 0 Å². The van der Waals surface area contributed by atoms with E-state index in [1.165, 1.54) is 85.9 Å². The van der Waals surface area contributed by atoms with Crippen molar-refractivity contribution in [3.05, 3.63) is 212 Å². The molecule has 0 bridgehead atoms. The average molecular weight is 730 g/mol. The van der Waals surface area contributed by atoms with Crippen LogP contribution in [0.2, 0.25) is 0 Å². The molecule has 0 amide bonds. The zero-order valence-electron chi connectivity index (χ0n) is 30.6. The molecule has 1 nitrogen and oxygen atoms in total. The van der Waals surface area contributed by atoms with Crippen molar-refractivity contribution in [3.8, 4) is 33.4 Å². The monoisotopic (exact) mass is 729 g/mol. The van der Waals surface area contributed by atoms with E-state index < -0.39 is 0 Å². The van der Waals surface area contributed by atoms with Crippen molar-refractivity contribution >= 4 is 80.9 Å². The second kappa shape index (κ2) is 13.4. The molecule has 0 radical (unpaired) electrons. The highest BCUT2D eigenvalue weighted by atomic mass is 32.1. The lowest BCUT2D eigenvalue weighted by atomic mass is 9.94. The van der Waals surface area contributed by atoms with Crippen LogP contribution in [0.3, 0.4) is 0 Å². The van der Waals surface area contributed by atoms with Gasteiger partial charge in [0.25, 0.3) is 0 Å². The number of benzene rings is 10. The van der Waals surface area contributed by atoms with Gasteiger partial charge in [0.2, 0.25) is 0 Å². The first kappa shape index (κ1) is 32.4. The van der Waals surface area contributed by atoms with Crippen LogP contribution < -0.4 is 4.90 Å². The molecule has 0 saturated heterocycles. The molecule has 0 spiro atoms. The molecular weight excluding hydrogens is 695 g/mol. The van der Waals surface area contributed by atoms with Crippen LogP contribution in [-0.4, -0.2) is 0 Å². The fraction of sp³-hybridized carbons (Fsp3) is 0. The van der Waals surface area contributed by atoms with Crippen LogP contribution in [-0.2, 0) is 0 Å². The Morgan fingerprint density at radius 2 is 0.893 bits per heavy atom. The Bertz CT molecular complexity index is 3240. The smallest absolute Gasteiger partial charge is 0.0546 e. The minimum Gasteiger partial charge on any atom is -0.310 e. The lowest BCUT2D eigenvalue weighted by Crippen LogP contribution is -2.11. The van der Waals surface area contributed by atoms with Crippen molar-refractivity contribution < 1.29 is 0 Å². The summed E-state index contributed by atoms with van der Waals surface area (Å²) in [5, 5.41) is 10.2. The first-order valence-electron chi connectivity index (χ1n) is 19.2. The van der Waals surface area contributed by atoms with E-state index in [1.807, 2.05) is 11.3 Å². The molecule has 0 aliphatic rings. The summed E-state index contributed by atoms with van der Waals surface area (Å²) < 4.78 is 2.59. The molecule has 0 atom stereocenters. The molecule has 0 aliphatic carbocycles. The zero-order valence-corrected chi connectivity index (χ0v) is 31.4. The predicted octanol–water partition coefficient (Wildman–Crippen LogP) is 16.0. The average Bonchev–Trinajstić information content (AvgIpc) is 3.64. The molecule has 1 heterocycles. The van der Waals surface area contributed by atoms with Gasteiger partial charge in [0, 0.05) is 37.1 Å². The van der Waals surface area contributed by atoms with Crippen LogP contribution in [0, 0.1) is 0 Å². The van der Waals surface area contributed by atoms with Gasteiger partial charge in [-0.05, 0) is 103 Å². The highest BCUT2D eigenvalue weighted by molar-refractivity contribution is 7.25. The lowest BCUT2D eigenvalue weighted by molar-refractivity contribution is 1.29. The fourth-order valence-electron chi connectivity index (χ4n) is 8.50. The van der Waals surface area contributed by atoms with Crippen LogP contribution in [0.4, 0.5) is 17.1 Å². The van der Waals surface area contributed by atoms with Crippen molar-refractivity contribution in [2.75, 3.05) is 4.90 Å². The second-order valence-electron chi connectivity index (χ2n) is 14.5. The minimum absolute atomic E-state index is 1.10. The van der Waals surface area contributed by atoms with E-state index in [9.17, 15) is 0 Å². The van der Waals surface area contributed by atoms with Gasteiger partial charge in [0.15, 0.2) is 0 Å². The number of nitrogens with zero attached hydrogens (tertiary/aromatic N) is 1. The van der Waals surface area contributed by atoms with Crippen molar-refractivity contribution in [2.45, 2.75) is 0 Å². The topological polar surface area (TPSA) is 3.24 Å². The Morgan fingerprint density at radius 3 is 1.75 bits per heavy atom. The highest BCUT2D eigenvalue weighted by Gasteiger charge is 2.20. The predicted molar refractivity (Wildman–Crippen MR) is 243 cm³/mol. The summed E-state index contributed by atoms with van der Waals surface area (Å²) in [6.07, 6.45) is 0. The number of thiophene rings is 1. The largest absolute Gasteiger partial charge is 0.310 e. The summed E-state index contributed by atoms with van der Waals surface area (Å²) in [7, 11) is 0. The summed E-state index contributed by atoms with van der Waals surface area (Å²) >= 11 is 1.86. The summed E-state index contributed by atoms with van der Waals surface area (Å²) in [6, 6.07) is 77.9. The molecule has 2 heteroatoms. The van der Waals surface area contributed by atoms with Crippen molar-refractivity contribution in [1.29, 1.82) is 0 Å². The maximum Gasteiger partial charge on any atom is 0.0546 e. The van der Waals surface area contributed by atoms with Crippen molar-refractivity contribution in [3.63, 3.8) is 0 Å². The molecule has 262 valence electrons. The van der Waals surface area contributed by atoms with Gasteiger partial charge in [-0.2, -0.15) is 0 Å². The van der Waals surface area contributed by atoms with Gasteiger partial charge in [-0.3, -0.25) is 0 Å². The maximum absolute atomic E-state index is 2.46. The molecule has 11 aromatic rings. The number of rotatable bonds is 6. The molecular formula is C54H35NS.